The van der Waals surface area contributed by atoms with Crippen LogP contribution < -0.4 is 5.56 Å². The van der Waals surface area contributed by atoms with Gasteiger partial charge in [-0.15, -0.1) is 0 Å². The predicted molar refractivity (Wildman–Crippen MR) is 133 cm³/mol. The van der Waals surface area contributed by atoms with Gasteiger partial charge in [0.25, 0.3) is 5.56 Å². The van der Waals surface area contributed by atoms with Gasteiger partial charge >= 0.3 is 0 Å². The van der Waals surface area contributed by atoms with Crippen molar-refractivity contribution in [3.05, 3.63) is 99.3 Å². The minimum absolute atomic E-state index is 0.0597. The first-order valence-corrected chi connectivity index (χ1v) is 12.1. The zero-order valence-corrected chi connectivity index (χ0v) is 19.6. The van der Waals surface area contributed by atoms with Crippen molar-refractivity contribution >= 4 is 28.6 Å². The molecular formula is C27H25N3O2S. The Morgan fingerprint density at radius 1 is 0.970 bits per heavy atom. The van der Waals surface area contributed by atoms with Crippen LogP contribution in [-0.4, -0.2) is 32.7 Å². The number of para-hydroxylation sites is 1. The van der Waals surface area contributed by atoms with Crippen molar-refractivity contribution in [2.24, 2.45) is 0 Å². The maximum atomic E-state index is 13.5. The number of carbonyl (C=O) groups is 1. The topological polar surface area (TPSA) is 55.2 Å². The largest absolute Gasteiger partial charge is 0.337 e. The normalized spacial score (nSPS) is 13.2. The third kappa shape index (κ3) is 4.07. The number of hydrogen-bond donors (Lipinski definition) is 0. The van der Waals surface area contributed by atoms with E-state index >= 15 is 0 Å². The van der Waals surface area contributed by atoms with E-state index in [1.54, 1.807) is 10.6 Å². The number of rotatable bonds is 4. The number of thioether (sulfide) groups is 1. The van der Waals surface area contributed by atoms with Gasteiger partial charge in [-0.25, -0.2) is 4.98 Å². The number of amides is 1. The first-order valence-electron chi connectivity index (χ1n) is 11.1. The fraction of sp³-hybridized carbons (Fsp3) is 0.222. The molecule has 0 aliphatic carbocycles. The van der Waals surface area contributed by atoms with E-state index in [1.165, 1.54) is 22.9 Å². The highest BCUT2D eigenvalue weighted by molar-refractivity contribution is 7.99. The molecule has 33 heavy (non-hydrogen) atoms. The van der Waals surface area contributed by atoms with Crippen molar-refractivity contribution in [1.29, 1.82) is 0 Å². The SMILES string of the molecule is Cc1cccc(-n2c(SCC(=O)N3CCc4ccccc4C3)nc3ccccc3c2=O)c1C. The molecular weight excluding hydrogens is 430 g/mol. The number of benzene rings is 3. The number of aromatic nitrogens is 2. The number of aryl methyl sites for hydroxylation is 1. The van der Waals surface area contributed by atoms with Gasteiger partial charge in [0.1, 0.15) is 0 Å². The number of nitrogens with zero attached hydrogens (tertiary/aromatic N) is 3. The second-order valence-corrected chi connectivity index (χ2v) is 9.34. The molecule has 166 valence electrons. The first kappa shape index (κ1) is 21.5. The van der Waals surface area contributed by atoms with Gasteiger partial charge in [0.15, 0.2) is 5.16 Å². The van der Waals surface area contributed by atoms with Crippen LogP contribution in [0.2, 0.25) is 0 Å². The molecule has 0 saturated carbocycles. The molecule has 3 aromatic carbocycles. The summed E-state index contributed by atoms with van der Waals surface area (Å²) in [5.41, 5.74) is 5.98. The summed E-state index contributed by atoms with van der Waals surface area (Å²) in [4.78, 5) is 33.3. The lowest BCUT2D eigenvalue weighted by molar-refractivity contribution is -0.129. The molecule has 1 aliphatic heterocycles. The molecule has 0 radical (unpaired) electrons. The molecule has 0 N–H and O–H groups in total. The van der Waals surface area contributed by atoms with Gasteiger partial charge in [-0.3, -0.25) is 14.2 Å². The molecule has 4 aromatic rings. The smallest absolute Gasteiger partial charge is 0.266 e. The van der Waals surface area contributed by atoms with E-state index in [-0.39, 0.29) is 17.2 Å². The molecule has 0 saturated heterocycles. The van der Waals surface area contributed by atoms with Crippen LogP contribution in [0.15, 0.2) is 76.7 Å². The van der Waals surface area contributed by atoms with Gasteiger partial charge in [0.05, 0.1) is 22.3 Å². The van der Waals surface area contributed by atoms with Crippen molar-refractivity contribution in [3.8, 4) is 5.69 Å². The van der Waals surface area contributed by atoms with Crippen molar-refractivity contribution in [3.63, 3.8) is 0 Å². The van der Waals surface area contributed by atoms with Crippen molar-refractivity contribution < 1.29 is 4.79 Å². The number of hydrogen-bond acceptors (Lipinski definition) is 4. The third-order valence-electron chi connectivity index (χ3n) is 6.37. The van der Waals surface area contributed by atoms with E-state index in [4.69, 9.17) is 4.98 Å². The summed E-state index contributed by atoms with van der Waals surface area (Å²) in [6, 6.07) is 21.6. The summed E-state index contributed by atoms with van der Waals surface area (Å²) in [5.74, 6) is 0.294. The van der Waals surface area contributed by atoms with E-state index in [9.17, 15) is 9.59 Å². The fourth-order valence-electron chi connectivity index (χ4n) is 4.33. The van der Waals surface area contributed by atoms with Gasteiger partial charge in [-0.1, -0.05) is 60.3 Å². The monoisotopic (exact) mass is 455 g/mol. The summed E-state index contributed by atoms with van der Waals surface area (Å²) in [5, 5.41) is 1.11. The lowest BCUT2D eigenvalue weighted by Gasteiger charge is -2.28. The fourth-order valence-corrected chi connectivity index (χ4v) is 5.23. The standard InChI is InChI=1S/C27H25N3O2S/c1-18-8-7-13-24(19(18)2)30-26(32)22-11-5-6-12-23(22)28-27(30)33-17-25(31)29-15-14-20-9-3-4-10-21(20)16-29/h3-13H,14-17H2,1-2H3. The van der Waals surface area contributed by atoms with Crippen LogP contribution in [0.5, 0.6) is 0 Å². The van der Waals surface area contributed by atoms with E-state index in [2.05, 4.69) is 12.1 Å². The first-order chi connectivity index (χ1) is 16.0. The van der Waals surface area contributed by atoms with Gasteiger partial charge in [-0.05, 0) is 60.7 Å². The Balaban J connectivity index is 1.48. The molecule has 1 aliphatic rings. The van der Waals surface area contributed by atoms with Crippen molar-refractivity contribution in [2.75, 3.05) is 12.3 Å². The van der Waals surface area contributed by atoms with Gasteiger partial charge in [-0.2, -0.15) is 0 Å². The van der Waals surface area contributed by atoms with Crippen LogP contribution in [0.4, 0.5) is 0 Å². The lowest BCUT2D eigenvalue weighted by atomic mass is 10.00. The van der Waals surface area contributed by atoms with Crippen LogP contribution in [0.1, 0.15) is 22.3 Å². The Morgan fingerprint density at radius 2 is 1.73 bits per heavy atom. The van der Waals surface area contributed by atoms with E-state index in [1.807, 2.05) is 67.3 Å². The minimum Gasteiger partial charge on any atom is -0.337 e. The van der Waals surface area contributed by atoms with E-state index < -0.39 is 0 Å². The molecule has 2 heterocycles. The van der Waals surface area contributed by atoms with Gasteiger partial charge in [0.2, 0.25) is 5.91 Å². The van der Waals surface area contributed by atoms with Crippen LogP contribution in [0.25, 0.3) is 16.6 Å². The molecule has 5 nitrogen and oxygen atoms in total. The zero-order valence-electron chi connectivity index (χ0n) is 18.7. The predicted octanol–water partition coefficient (Wildman–Crippen LogP) is 4.68. The second kappa shape index (κ2) is 8.87. The van der Waals surface area contributed by atoms with Crippen LogP contribution in [-0.2, 0) is 17.8 Å². The Morgan fingerprint density at radius 3 is 2.58 bits per heavy atom. The van der Waals surface area contributed by atoms with Crippen LogP contribution in [0, 0.1) is 13.8 Å². The summed E-state index contributed by atoms with van der Waals surface area (Å²) in [6.07, 6.45) is 0.869. The number of fused-ring (bicyclic) bond motifs is 2. The highest BCUT2D eigenvalue weighted by Gasteiger charge is 2.22. The summed E-state index contributed by atoms with van der Waals surface area (Å²) < 4.78 is 1.66. The molecule has 0 fully saturated rings. The maximum absolute atomic E-state index is 13.5. The van der Waals surface area contributed by atoms with Crippen molar-refractivity contribution in [2.45, 2.75) is 32.0 Å². The van der Waals surface area contributed by atoms with Crippen LogP contribution in [0.3, 0.4) is 0 Å². The minimum atomic E-state index is -0.115. The van der Waals surface area contributed by atoms with Crippen molar-refractivity contribution in [1.82, 2.24) is 14.5 Å². The summed E-state index contributed by atoms with van der Waals surface area (Å²) in [7, 11) is 0. The molecule has 0 atom stereocenters. The average Bonchev–Trinajstić information content (AvgIpc) is 2.84. The average molecular weight is 456 g/mol. The Kier molecular flexibility index (Phi) is 5.77. The third-order valence-corrected chi connectivity index (χ3v) is 7.29. The lowest BCUT2D eigenvalue weighted by Crippen LogP contribution is -2.37. The van der Waals surface area contributed by atoms with E-state index in [0.717, 1.165) is 23.2 Å². The maximum Gasteiger partial charge on any atom is 0.266 e. The molecule has 1 aromatic heterocycles. The van der Waals surface area contributed by atoms with Gasteiger partial charge < -0.3 is 4.90 Å². The Hall–Kier alpha value is -3.38. The Labute approximate surface area is 197 Å². The quantitative estimate of drug-likeness (QED) is 0.331. The molecule has 5 rings (SSSR count). The molecule has 0 unspecified atom stereocenters. The summed E-state index contributed by atoms with van der Waals surface area (Å²) >= 11 is 1.33. The van der Waals surface area contributed by atoms with Crippen LogP contribution >= 0.6 is 11.8 Å². The second-order valence-electron chi connectivity index (χ2n) is 8.39. The summed E-state index contributed by atoms with van der Waals surface area (Å²) in [6.45, 7) is 5.38. The highest BCUT2D eigenvalue weighted by Crippen LogP contribution is 2.26. The molecule has 1 amide bonds. The van der Waals surface area contributed by atoms with Gasteiger partial charge in [0, 0.05) is 13.1 Å². The number of carbonyl (C=O) groups excluding carboxylic acids is 1. The molecule has 0 spiro atoms. The zero-order chi connectivity index (χ0) is 22.9. The van der Waals surface area contributed by atoms with E-state index in [0.29, 0.717) is 29.1 Å². The molecule has 6 heteroatoms. The molecule has 0 bridgehead atoms. The highest BCUT2D eigenvalue weighted by atomic mass is 32.2. The Bertz CT molecular complexity index is 1430.